The molecule has 3 rings (SSSR count). The molecule has 0 aliphatic carbocycles. The number of aromatic amines is 1. The van der Waals surface area contributed by atoms with Crippen molar-refractivity contribution < 1.29 is 4.79 Å². The molecule has 0 saturated heterocycles. The molecule has 3 aromatic rings. The molecule has 0 bridgehead atoms. The highest BCUT2D eigenvalue weighted by molar-refractivity contribution is 5.97. The second kappa shape index (κ2) is 6.89. The van der Waals surface area contributed by atoms with Crippen molar-refractivity contribution in [1.29, 1.82) is 0 Å². The van der Waals surface area contributed by atoms with Crippen LogP contribution < -0.4 is 10.6 Å². The number of likely N-dealkylation sites (N-methyl/N-ethyl adjacent to an activating group) is 1. The minimum atomic E-state index is -0.565. The molecule has 4 nitrogen and oxygen atoms in total. The van der Waals surface area contributed by atoms with Gasteiger partial charge >= 0.3 is 0 Å². The molecule has 4 heteroatoms. The average Bonchev–Trinajstić information content (AvgIpc) is 2.99. The molecule has 3 N–H and O–H groups in total. The number of aromatic nitrogens is 1. The number of nitrogens with two attached hydrogens (primary N) is 1. The van der Waals surface area contributed by atoms with Crippen LogP contribution in [0.15, 0.2) is 54.7 Å². The molecule has 0 saturated carbocycles. The fourth-order valence-corrected chi connectivity index (χ4v) is 3.09. The molecule has 1 aromatic heterocycles. The monoisotopic (exact) mass is 321 g/mol. The minimum Gasteiger partial charge on any atom is -0.361 e. The minimum absolute atomic E-state index is 0.0478. The van der Waals surface area contributed by atoms with Crippen molar-refractivity contribution in [3.05, 3.63) is 65.9 Å². The van der Waals surface area contributed by atoms with E-state index < -0.39 is 6.04 Å². The Labute approximate surface area is 142 Å². The van der Waals surface area contributed by atoms with Gasteiger partial charge in [0.2, 0.25) is 5.91 Å². The lowest BCUT2D eigenvalue weighted by molar-refractivity contribution is -0.119. The summed E-state index contributed by atoms with van der Waals surface area (Å²) in [5, 5.41) is 1.12. The number of rotatable bonds is 5. The average molecular weight is 321 g/mol. The van der Waals surface area contributed by atoms with Crippen LogP contribution >= 0.6 is 0 Å². The number of para-hydroxylation sites is 1. The van der Waals surface area contributed by atoms with Gasteiger partial charge in [-0.15, -0.1) is 0 Å². The van der Waals surface area contributed by atoms with Crippen LogP contribution in [0.5, 0.6) is 0 Å². The summed E-state index contributed by atoms with van der Waals surface area (Å²) >= 11 is 0. The number of nitrogens with zero attached hydrogens (tertiary/aromatic N) is 1. The Hall–Kier alpha value is -2.59. The van der Waals surface area contributed by atoms with Gasteiger partial charge in [0, 0.05) is 29.3 Å². The van der Waals surface area contributed by atoms with E-state index in [0.717, 1.165) is 27.7 Å². The lowest BCUT2D eigenvalue weighted by atomic mass is 10.0. The summed E-state index contributed by atoms with van der Waals surface area (Å²) < 4.78 is 0. The molecule has 0 spiro atoms. The largest absolute Gasteiger partial charge is 0.361 e. The molecule has 124 valence electrons. The number of carbonyl (C=O) groups is 1. The van der Waals surface area contributed by atoms with Gasteiger partial charge in [-0.2, -0.15) is 0 Å². The van der Waals surface area contributed by atoms with E-state index in [1.807, 2.05) is 62.5 Å². The van der Waals surface area contributed by atoms with Gasteiger partial charge in [0.15, 0.2) is 0 Å². The number of H-pyrrole nitrogens is 1. The molecule has 0 unspecified atom stereocenters. The molecule has 0 fully saturated rings. The van der Waals surface area contributed by atoms with Crippen LogP contribution in [0.25, 0.3) is 10.9 Å². The third-order valence-electron chi connectivity index (χ3n) is 4.33. The Balaban J connectivity index is 1.80. The Morgan fingerprint density at radius 2 is 2.00 bits per heavy atom. The van der Waals surface area contributed by atoms with E-state index in [1.54, 1.807) is 4.90 Å². The number of hydrogen-bond donors (Lipinski definition) is 2. The Morgan fingerprint density at radius 3 is 2.75 bits per heavy atom. The maximum atomic E-state index is 12.8. The number of amides is 1. The van der Waals surface area contributed by atoms with Gasteiger partial charge in [-0.1, -0.05) is 30.3 Å². The van der Waals surface area contributed by atoms with E-state index in [-0.39, 0.29) is 5.91 Å². The van der Waals surface area contributed by atoms with Crippen molar-refractivity contribution >= 4 is 22.5 Å². The van der Waals surface area contributed by atoms with Crippen LogP contribution in [-0.4, -0.2) is 23.5 Å². The standard InChI is InChI=1S/C20H23N3O/c1-3-23(16-8-6-7-14(2)11-16)20(24)18(21)12-15-13-22-19-10-5-4-9-17(15)19/h4-11,13,18,22H,3,12,21H2,1-2H3/t18-/m0/s1. The van der Waals surface area contributed by atoms with Crippen LogP contribution in [0.2, 0.25) is 0 Å². The summed E-state index contributed by atoms with van der Waals surface area (Å²) in [6, 6.07) is 15.5. The molecule has 1 amide bonds. The van der Waals surface area contributed by atoms with Gasteiger partial charge in [-0.25, -0.2) is 0 Å². The van der Waals surface area contributed by atoms with E-state index >= 15 is 0 Å². The SMILES string of the molecule is CCN(C(=O)[C@@H](N)Cc1c[nH]c2ccccc12)c1cccc(C)c1. The number of aryl methyl sites for hydroxylation is 1. The molecule has 2 aromatic carbocycles. The summed E-state index contributed by atoms with van der Waals surface area (Å²) in [7, 11) is 0. The van der Waals surface area contributed by atoms with Gasteiger partial charge in [0.25, 0.3) is 0 Å². The number of nitrogens with one attached hydrogen (secondary N) is 1. The lowest BCUT2D eigenvalue weighted by Gasteiger charge is -2.24. The zero-order valence-electron chi connectivity index (χ0n) is 14.1. The van der Waals surface area contributed by atoms with E-state index in [2.05, 4.69) is 11.1 Å². The number of fused-ring (bicyclic) bond motifs is 1. The first-order valence-electron chi connectivity index (χ1n) is 8.28. The zero-order valence-corrected chi connectivity index (χ0v) is 14.1. The van der Waals surface area contributed by atoms with Gasteiger partial charge in [0.1, 0.15) is 0 Å². The topological polar surface area (TPSA) is 62.1 Å². The second-order valence-electron chi connectivity index (χ2n) is 6.09. The number of carbonyl (C=O) groups excluding carboxylic acids is 1. The lowest BCUT2D eigenvalue weighted by Crippen LogP contribution is -2.45. The molecule has 0 aliphatic heterocycles. The molecule has 1 heterocycles. The number of anilines is 1. The highest BCUT2D eigenvalue weighted by atomic mass is 16.2. The summed E-state index contributed by atoms with van der Waals surface area (Å²) in [5.41, 5.74) is 10.4. The predicted octanol–water partition coefficient (Wildman–Crippen LogP) is 3.40. The van der Waals surface area contributed by atoms with Crippen LogP contribution in [0, 0.1) is 6.92 Å². The summed E-state index contributed by atoms with van der Waals surface area (Å²) in [6.45, 7) is 4.59. The van der Waals surface area contributed by atoms with Crippen molar-refractivity contribution in [3.63, 3.8) is 0 Å². The van der Waals surface area contributed by atoms with Gasteiger partial charge in [-0.05, 0) is 49.6 Å². The van der Waals surface area contributed by atoms with E-state index in [9.17, 15) is 4.79 Å². The zero-order chi connectivity index (χ0) is 17.1. The van der Waals surface area contributed by atoms with E-state index in [4.69, 9.17) is 5.73 Å². The molecular formula is C20H23N3O. The fourth-order valence-electron chi connectivity index (χ4n) is 3.09. The van der Waals surface area contributed by atoms with Crippen molar-refractivity contribution in [2.24, 2.45) is 5.73 Å². The van der Waals surface area contributed by atoms with Crippen molar-refractivity contribution in [1.82, 2.24) is 4.98 Å². The first kappa shape index (κ1) is 16.3. The molecule has 24 heavy (non-hydrogen) atoms. The van der Waals surface area contributed by atoms with Crippen LogP contribution in [-0.2, 0) is 11.2 Å². The predicted molar refractivity (Wildman–Crippen MR) is 99.2 cm³/mol. The quantitative estimate of drug-likeness (QED) is 0.756. The Kier molecular flexibility index (Phi) is 4.67. The van der Waals surface area contributed by atoms with Crippen molar-refractivity contribution in [3.8, 4) is 0 Å². The van der Waals surface area contributed by atoms with Gasteiger partial charge in [-0.3, -0.25) is 4.79 Å². The van der Waals surface area contributed by atoms with Crippen molar-refractivity contribution in [2.75, 3.05) is 11.4 Å². The third kappa shape index (κ3) is 3.19. The maximum absolute atomic E-state index is 12.8. The van der Waals surface area contributed by atoms with Gasteiger partial charge in [0.05, 0.1) is 6.04 Å². The Morgan fingerprint density at radius 1 is 1.21 bits per heavy atom. The third-order valence-corrected chi connectivity index (χ3v) is 4.33. The normalized spacial score (nSPS) is 12.3. The highest BCUT2D eigenvalue weighted by Gasteiger charge is 2.22. The molecule has 0 radical (unpaired) electrons. The van der Waals surface area contributed by atoms with Crippen LogP contribution in [0.1, 0.15) is 18.1 Å². The smallest absolute Gasteiger partial charge is 0.244 e. The fraction of sp³-hybridized carbons (Fsp3) is 0.250. The van der Waals surface area contributed by atoms with E-state index in [1.165, 1.54) is 0 Å². The van der Waals surface area contributed by atoms with Gasteiger partial charge < -0.3 is 15.6 Å². The summed E-state index contributed by atoms with van der Waals surface area (Å²) in [5.74, 6) is -0.0478. The maximum Gasteiger partial charge on any atom is 0.244 e. The van der Waals surface area contributed by atoms with E-state index in [0.29, 0.717) is 13.0 Å². The molecular weight excluding hydrogens is 298 g/mol. The second-order valence-corrected chi connectivity index (χ2v) is 6.09. The first-order valence-corrected chi connectivity index (χ1v) is 8.28. The molecule has 1 atom stereocenters. The van der Waals surface area contributed by atoms with Crippen LogP contribution in [0.3, 0.4) is 0 Å². The Bertz CT molecular complexity index is 853. The number of hydrogen-bond acceptors (Lipinski definition) is 2. The molecule has 0 aliphatic rings. The first-order chi connectivity index (χ1) is 11.6. The summed E-state index contributed by atoms with van der Waals surface area (Å²) in [6.07, 6.45) is 2.46. The number of benzene rings is 2. The van der Waals surface area contributed by atoms with Crippen LogP contribution in [0.4, 0.5) is 5.69 Å². The highest BCUT2D eigenvalue weighted by Crippen LogP contribution is 2.21. The van der Waals surface area contributed by atoms with Crippen molar-refractivity contribution in [2.45, 2.75) is 26.3 Å². The summed E-state index contributed by atoms with van der Waals surface area (Å²) in [4.78, 5) is 17.8.